The second kappa shape index (κ2) is 59.1. The molecule has 0 aliphatic rings. The SMILES string of the molecule is CC/C=C\C/C=C\C/C=C\C/C=C\C/C=C\C/C=C\CCCCC(=O)OCC(O)COP(=O)(O)OCC(O)COP(=O)(O)OCC(COC(=O)CCCCCCC/C=C\CCCCCCCC)OC(=O)CCCCCCCCCCCCC. The highest BCUT2D eigenvalue weighted by Gasteiger charge is 2.29. The van der Waals surface area contributed by atoms with Crippen LogP contribution in [0.25, 0.3) is 0 Å². The summed E-state index contributed by atoms with van der Waals surface area (Å²) in [6.45, 7) is 2.47. The summed E-state index contributed by atoms with van der Waals surface area (Å²) in [7, 11) is -9.77. The second-order valence-electron chi connectivity index (χ2n) is 21.2. The van der Waals surface area contributed by atoms with E-state index in [-0.39, 0.29) is 19.3 Å². The molecule has 0 aromatic carbocycles. The van der Waals surface area contributed by atoms with E-state index in [9.17, 15) is 43.5 Å². The summed E-state index contributed by atoms with van der Waals surface area (Å²) in [6.07, 6.45) is 60.8. The summed E-state index contributed by atoms with van der Waals surface area (Å²) < 4.78 is 60.6. The van der Waals surface area contributed by atoms with E-state index < -0.39 is 91.5 Å². The number of aliphatic hydroxyl groups is 2. The molecule has 0 rings (SSSR count). The van der Waals surface area contributed by atoms with Gasteiger partial charge in [-0.15, -0.1) is 0 Å². The lowest BCUT2D eigenvalue weighted by Crippen LogP contribution is -2.30. The Balaban J connectivity index is 4.62. The Bertz CT molecular complexity index is 1860. The number of ether oxygens (including phenoxy) is 3. The van der Waals surface area contributed by atoms with E-state index in [1.54, 1.807) is 0 Å². The Kier molecular flexibility index (Phi) is 56.8. The van der Waals surface area contributed by atoms with Crippen molar-refractivity contribution in [3.05, 3.63) is 85.1 Å². The topological polar surface area (TPSA) is 231 Å². The van der Waals surface area contributed by atoms with E-state index in [1.807, 2.05) is 0 Å². The summed E-state index contributed by atoms with van der Waals surface area (Å²) >= 11 is 0. The van der Waals surface area contributed by atoms with Crippen LogP contribution in [0.2, 0.25) is 0 Å². The van der Waals surface area contributed by atoms with Crippen LogP contribution < -0.4 is 0 Å². The number of hydrogen-bond acceptors (Lipinski definition) is 14. The van der Waals surface area contributed by atoms with Gasteiger partial charge in [0.05, 0.1) is 26.4 Å². The Labute approximate surface area is 502 Å². The lowest BCUT2D eigenvalue weighted by Gasteiger charge is -2.21. The fraction of sp³-hybridized carbons (Fsp3) is 0.738. The first-order valence-corrected chi connectivity index (χ1v) is 34.9. The van der Waals surface area contributed by atoms with Gasteiger partial charge in [0, 0.05) is 19.3 Å². The number of rotatable bonds is 60. The number of allylic oxidation sites excluding steroid dienone is 14. The fourth-order valence-corrected chi connectivity index (χ4v) is 9.80. The number of phosphoric acid groups is 2. The van der Waals surface area contributed by atoms with Gasteiger partial charge in [-0.2, -0.15) is 0 Å². The van der Waals surface area contributed by atoms with E-state index in [0.29, 0.717) is 19.3 Å². The lowest BCUT2D eigenvalue weighted by atomic mass is 10.1. The van der Waals surface area contributed by atoms with E-state index >= 15 is 0 Å². The highest BCUT2D eigenvalue weighted by molar-refractivity contribution is 7.47. The van der Waals surface area contributed by atoms with Crippen LogP contribution >= 0.6 is 15.6 Å². The van der Waals surface area contributed by atoms with Crippen molar-refractivity contribution in [2.24, 2.45) is 0 Å². The largest absolute Gasteiger partial charge is 0.472 e. The first kappa shape index (κ1) is 79.7. The molecule has 0 saturated heterocycles. The van der Waals surface area contributed by atoms with Gasteiger partial charge in [-0.3, -0.25) is 32.5 Å². The monoisotopic (exact) mass is 1210 g/mol. The van der Waals surface area contributed by atoms with Gasteiger partial charge in [0.1, 0.15) is 25.4 Å². The number of hydrogen-bond donors (Lipinski definition) is 4. The highest BCUT2D eigenvalue weighted by Crippen LogP contribution is 2.45. The van der Waals surface area contributed by atoms with Gasteiger partial charge in [-0.1, -0.05) is 221 Å². The van der Waals surface area contributed by atoms with Gasteiger partial charge >= 0.3 is 33.6 Å². The molecule has 4 N–H and O–H groups in total. The molecule has 0 heterocycles. The molecule has 0 aliphatic carbocycles. The van der Waals surface area contributed by atoms with Crippen molar-refractivity contribution >= 4 is 33.6 Å². The number of aliphatic hydroxyl groups excluding tert-OH is 2. The van der Waals surface area contributed by atoms with Gasteiger partial charge in [-0.05, 0) is 96.3 Å². The van der Waals surface area contributed by atoms with Crippen LogP contribution in [0.1, 0.15) is 252 Å². The maximum Gasteiger partial charge on any atom is 0.472 e. The average Bonchev–Trinajstić information content (AvgIpc) is 3.46. The van der Waals surface area contributed by atoms with Gasteiger partial charge in [-0.25, -0.2) is 9.13 Å². The Morgan fingerprint density at radius 3 is 1.05 bits per heavy atom. The molecular weight excluding hydrogens is 1100 g/mol. The molecule has 0 bridgehead atoms. The molecule has 0 fully saturated rings. The van der Waals surface area contributed by atoms with Gasteiger partial charge in [0.15, 0.2) is 6.10 Å². The predicted octanol–water partition coefficient (Wildman–Crippen LogP) is 17.0. The molecule has 5 atom stereocenters. The molecular formula is C65H114O16P2. The van der Waals surface area contributed by atoms with Crippen LogP contribution in [-0.2, 0) is 55.8 Å². The summed E-state index contributed by atoms with van der Waals surface area (Å²) in [5, 5.41) is 20.5. The number of esters is 3. The normalized spacial score (nSPS) is 14.9. The fourth-order valence-electron chi connectivity index (χ4n) is 8.21. The standard InChI is InChI=1S/C65H114O16P2/c1-4-7-10-13-16-19-22-24-26-27-28-29-30-31-33-35-37-39-42-45-48-51-63(68)75-54-60(66)55-77-82(71,72)78-56-61(67)57-79-83(73,74)80-59-62(81-65(70)53-50-47-44-41-36-21-18-15-12-9-6-3)58-76-64(69)52-49-46-43-40-38-34-32-25-23-20-17-14-11-8-5-2/h7,10,16,19,24-26,28-29,31-33,37,39,60-62,66-67H,4-6,8-9,11-15,17-18,20-23,27,30,34-36,38,40-59H2,1-3H3,(H,71,72)(H,73,74)/b10-7-,19-16-,26-24-,29-28-,32-25-,33-31-,39-37-. The molecule has 0 spiro atoms. The second-order valence-corrected chi connectivity index (χ2v) is 24.1. The van der Waals surface area contributed by atoms with Crippen molar-refractivity contribution < 1.29 is 75.8 Å². The average molecular weight is 1210 g/mol. The minimum Gasteiger partial charge on any atom is -0.463 e. The van der Waals surface area contributed by atoms with E-state index in [2.05, 4.69) is 106 Å². The number of carbonyl (C=O) groups excluding carboxylic acids is 3. The summed E-state index contributed by atoms with van der Waals surface area (Å²) in [5.41, 5.74) is 0. The lowest BCUT2D eigenvalue weighted by molar-refractivity contribution is -0.161. The molecule has 0 aromatic rings. The molecule has 0 radical (unpaired) electrons. The van der Waals surface area contributed by atoms with Crippen LogP contribution in [0.5, 0.6) is 0 Å². The van der Waals surface area contributed by atoms with E-state index in [1.165, 1.54) is 77.0 Å². The van der Waals surface area contributed by atoms with Crippen molar-refractivity contribution in [2.45, 2.75) is 270 Å². The molecule has 5 unspecified atom stereocenters. The van der Waals surface area contributed by atoms with Crippen molar-refractivity contribution in [3.63, 3.8) is 0 Å². The van der Waals surface area contributed by atoms with Crippen LogP contribution in [0.4, 0.5) is 0 Å². The van der Waals surface area contributed by atoms with Crippen molar-refractivity contribution in [2.75, 3.05) is 39.6 Å². The first-order chi connectivity index (χ1) is 40.2. The van der Waals surface area contributed by atoms with Crippen LogP contribution in [0.15, 0.2) is 85.1 Å². The smallest absolute Gasteiger partial charge is 0.463 e. The zero-order valence-corrected chi connectivity index (χ0v) is 53.4. The Hall–Kier alpha value is -3.27. The summed E-state index contributed by atoms with van der Waals surface area (Å²) in [4.78, 5) is 58.1. The van der Waals surface area contributed by atoms with E-state index in [0.717, 1.165) is 116 Å². The van der Waals surface area contributed by atoms with Gasteiger partial charge < -0.3 is 34.2 Å². The Morgan fingerprint density at radius 2 is 0.639 bits per heavy atom. The molecule has 0 aromatic heterocycles. The van der Waals surface area contributed by atoms with Crippen molar-refractivity contribution in [3.8, 4) is 0 Å². The number of carbonyl (C=O) groups is 3. The summed E-state index contributed by atoms with van der Waals surface area (Å²) in [6, 6.07) is 0. The molecule has 0 saturated carbocycles. The minimum atomic E-state index is -4.92. The van der Waals surface area contributed by atoms with Crippen LogP contribution in [-0.4, -0.2) is 95.9 Å². The van der Waals surface area contributed by atoms with Crippen LogP contribution in [0.3, 0.4) is 0 Å². The maximum atomic E-state index is 12.8. The third-order valence-corrected chi connectivity index (χ3v) is 15.0. The third-order valence-electron chi connectivity index (χ3n) is 13.1. The highest BCUT2D eigenvalue weighted by atomic mass is 31.2. The molecule has 0 aliphatic heterocycles. The first-order valence-electron chi connectivity index (χ1n) is 31.9. The molecule has 16 nitrogen and oxygen atoms in total. The van der Waals surface area contributed by atoms with Crippen LogP contribution in [0, 0.1) is 0 Å². The third kappa shape index (κ3) is 60.2. The minimum absolute atomic E-state index is 0.105. The maximum absolute atomic E-state index is 12.8. The molecule has 18 heteroatoms. The van der Waals surface area contributed by atoms with Gasteiger partial charge in [0.25, 0.3) is 0 Å². The quantitative estimate of drug-likeness (QED) is 0.0146. The summed E-state index contributed by atoms with van der Waals surface area (Å²) in [5.74, 6) is -1.62. The Morgan fingerprint density at radius 1 is 0.349 bits per heavy atom. The number of unbranched alkanes of at least 4 members (excludes halogenated alkanes) is 23. The van der Waals surface area contributed by atoms with E-state index in [4.69, 9.17) is 32.3 Å². The molecule has 480 valence electrons. The number of phosphoric ester groups is 2. The molecule has 83 heavy (non-hydrogen) atoms. The molecule has 0 amide bonds. The zero-order valence-electron chi connectivity index (χ0n) is 51.6. The van der Waals surface area contributed by atoms with Crippen molar-refractivity contribution in [1.29, 1.82) is 0 Å². The van der Waals surface area contributed by atoms with Crippen molar-refractivity contribution in [1.82, 2.24) is 0 Å². The predicted molar refractivity (Wildman–Crippen MR) is 334 cm³/mol. The zero-order chi connectivity index (χ0) is 61.0. The van der Waals surface area contributed by atoms with Gasteiger partial charge in [0.2, 0.25) is 0 Å².